The normalized spacial score (nSPS) is 20.5. The van der Waals surface area contributed by atoms with E-state index in [-0.39, 0.29) is 0 Å². The molecule has 1 aromatic heterocycles. The third-order valence-electron chi connectivity index (χ3n) is 4.84. The molecule has 22 heavy (non-hydrogen) atoms. The van der Waals surface area contributed by atoms with E-state index in [2.05, 4.69) is 59.7 Å². The van der Waals surface area contributed by atoms with Crippen molar-refractivity contribution in [3.63, 3.8) is 0 Å². The summed E-state index contributed by atoms with van der Waals surface area (Å²) in [6, 6.07) is 0. The predicted octanol–water partition coefficient (Wildman–Crippen LogP) is 1.97. The van der Waals surface area contributed by atoms with Gasteiger partial charge in [-0.1, -0.05) is 36.5 Å². The van der Waals surface area contributed by atoms with E-state index < -0.39 is 0 Å². The Bertz CT molecular complexity index is 961. The zero-order chi connectivity index (χ0) is 14.7. The van der Waals surface area contributed by atoms with E-state index in [1.54, 1.807) is 0 Å². The van der Waals surface area contributed by atoms with Crippen LogP contribution in [0.25, 0.3) is 23.9 Å². The molecule has 0 saturated carbocycles. The number of nitrogens with two attached hydrogens (primary N) is 1. The third kappa shape index (κ3) is 1.40. The number of hydrogen-bond donors (Lipinski definition) is 1. The summed E-state index contributed by atoms with van der Waals surface area (Å²) < 4.78 is 1.86. The molecule has 0 bridgehead atoms. The highest BCUT2D eigenvalue weighted by Gasteiger charge is 2.25. The molecule has 3 heteroatoms. The Kier molecular flexibility index (Phi) is 2.26. The largest absolute Gasteiger partial charge is 0.338 e. The first-order chi connectivity index (χ1) is 10.8. The van der Waals surface area contributed by atoms with Gasteiger partial charge in [0, 0.05) is 23.0 Å². The second-order valence-corrected chi connectivity index (χ2v) is 6.02. The van der Waals surface area contributed by atoms with Crippen LogP contribution in [0.3, 0.4) is 0 Å². The Balaban J connectivity index is 1.85. The van der Waals surface area contributed by atoms with Crippen LogP contribution in [0.5, 0.6) is 0 Å². The molecule has 3 heterocycles. The van der Waals surface area contributed by atoms with E-state index in [1.165, 1.54) is 28.1 Å². The fourth-order valence-electron chi connectivity index (χ4n) is 3.81. The summed E-state index contributed by atoms with van der Waals surface area (Å²) >= 11 is 0. The zero-order valence-electron chi connectivity index (χ0n) is 12.3. The van der Waals surface area contributed by atoms with Gasteiger partial charge in [0.2, 0.25) is 0 Å². The van der Waals surface area contributed by atoms with Gasteiger partial charge < -0.3 is 10.7 Å². The molecule has 4 aliphatic rings. The highest BCUT2D eigenvalue weighted by molar-refractivity contribution is 5.77. The SMILES string of the molecule is Nn1c2c(c3c1=C1C=CC4=C(CCC=C4)N1C=C3)C=CCC=2. The summed E-state index contributed by atoms with van der Waals surface area (Å²) in [7, 11) is 0. The Morgan fingerprint density at radius 2 is 1.91 bits per heavy atom. The van der Waals surface area contributed by atoms with Crippen LogP contribution in [-0.4, -0.2) is 9.58 Å². The van der Waals surface area contributed by atoms with Crippen molar-refractivity contribution in [2.75, 3.05) is 5.84 Å². The molecular weight excluding hydrogens is 270 g/mol. The summed E-state index contributed by atoms with van der Waals surface area (Å²) in [6.45, 7) is 0. The molecule has 0 radical (unpaired) electrons. The van der Waals surface area contributed by atoms with E-state index >= 15 is 0 Å². The lowest BCUT2D eigenvalue weighted by atomic mass is 9.96. The van der Waals surface area contributed by atoms with Gasteiger partial charge in [-0.25, -0.2) is 0 Å². The lowest BCUT2D eigenvalue weighted by molar-refractivity contribution is 0.595. The topological polar surface area (TPSA) is 34.2 Å². The van der Waals surface area contributed by atoms with Gasteiger partial charge in [0.15, 0.2) is 0 Å². The molecule has 2 aliphatic heterocycles. The third-order valence-corrected chi connectivity index (χ3v) is 4.84. The van der Waals surface area contributed by atoms with Gasteiger partial charge in [0.25, 0.3) is 0 Å². The lowest BCUT2D eigenvalue weighted by Gasteiger charge is -2.32. The number of nitrogens with zero attached hydrogens (tertiary/aromatic N) is 2. The van der Waals surface area contributed by atoms with Crippen LogP contribution in [-0.2, 0) is 0 Å². The minimum Gasteiger partial charge on any atom is -0.338 e. The fourth-order valence-corrected chi connectivity index (χ4v) is 3.81. The van der Waals surface area contributed by atoms with E-state index in [0.29, 0.717) is 0 Å². The number of nitrogen functional groups attached to an aromatic ring is 1. The average molecular weight is 287 g/mol. The van der Waals surface area contributed by atoms with Crippen LogP contribution < -0.4 is 16.5 Å². The number of fused-ring (bicyclic) bond motifs is 5. The molecule has 0 aromatic carbocycles. The van der Waals surface area contributed by atoms with Crippen molar-refractivity contribution in [3.05, 3.63) is 69.7 Å². The highest BCUT2D eigenvalue weighted by atomic mass is 15.3. The number of aromatic nitrogens is 1. The fraction of sp³-hybridized carbons (Fsp3) is 0.158. The average Bonchev–Trinajstić information content (AvgIpc) is 2.88. The van der Waals surface area contributed by atoms with Gasteiger partial charge >= 0.3 is 0 Å². The minimum absolute atomic E-state index is 0.950. The first kappa shape index (κ1) is 11.9. The van der Waals surface area contributed by atoms with Gasteiger partial charge in [-0.05, 0) is 37.0 Å². The van der Waals surface area contributed by atoms with Crippen LogP contribution in [0.2, 0.25) is 0 Å². The van der Waals surface area contributed by atoms with Crippen molar-refractivity contribution < 1.29 is 0 Å². The quantitative estimate of drug-likeness (QED) is 0.740. The standard InChI is InChI=1S/C19H17N3/c20-22-17-8-4-2-6-14(17)15-11-12-21-16-7-3-1-5-13(16)9-10-18(21)19(15)22/h1-2,5-6,8-12H,3-4,7,20H2. The Labute approximate surface area is 129 Å². The molecular formula is C19H17N3. The van der Waals surface area contributed by atoms with Gasteiger partial charge in [-0.2, -0.15) is 0 Å². The molecule has 5 rings (SSSR count). The van der Waals surface area contributed by atoms with Crippen LogP contribution in [0, 0.1) is 0 Å². The maximum atomic E-state index is 6.43. The minimum atomic E-state index is 0.950. The molecule has 108 valence electrons. The second-order valence-electron chi connectivity index (χ2n) is 6.02. The van der Waals surface area contributed by atoms with Crippen LogP contribution in [0.4, 0.5) is 0 Å². The monoisotopic (exact) mass is 287 g/mol. The van der Waals surface area contributed by atoms with E-state index in [0.717, 1.165) is 30.0 Å². The van der Waals surface area contributed by atoms with E-state index in [1.807, 2.05) is 4.68 Å². The molecule has 0 spiro atoms. The Hall–Kier alpha value is -2.68. The summed E-state index contributed by atoms with van der Waals surface area (Å²) in [6.07, 6.45) is 23.0. The zero-order valence-corrected chi connectivity index (χ0v) is 12.3. The summed E-state index contributed by atoms with van der Waals surface area (Å²) in [5.74, 6) is 6.43. The van der Waals surface area contributed by atoms with Gasteiger partial charge in [0.1, 0.15) is 0 Å². The molecule has 3 nitrogen and oxygen atoms in total. The maximum Gasteiger partial charge on any atom is 0.0944 e. The maximum absolute atomic E-state index is 6.43. The molecule has 0 fully saturated rings. The number of hydrogen-bond acceptors (Lipinski definition) is 2. The Morgan fingerprint density at radius 3 is 2.86 bits per heavy atom. The molecule has 0 atom stereocenters. The second kappa shape index (κ2) is 4.17. The summed E-state index contributed by atoms with van der Waals surface area (Å²) in [5.41, 5.74) is 6.35. The molecule has 0 amide bonds. The van der Waals surface area contributed by atoms with Crippen molar-refractivity contribution in [1.82, 2.24) is 9.58 Å². The van der Waals surface area contributed by atoms with E-state index in [4.69, 9.17) is 5.84 Å². The summed E-state index contributed by atoms with van der Waals surface area (Å²) in [5, 5.41) is 2.25. The first-order valence-corrected chi connectivity index (χ1v) is 7.80. The van der Waals surface area contributed by atoms with Crippen LogP contribution in [0.15, 0.2) is 47.9 Å². The first-order valence-electron chi connectivity index (χ1n) is 7.80. The molecule has 2 N–H and O–H groups in total. The van der Waals surface area contributed by atoms with Crippen molar-refractivity contribution >= 4 is 23.9 Å². The molecule has 1 aromatic rings. The van der Waals surface area contributed by atoms with Crippen molar-refractivity contribution in [2.45, 2.75) is 19.3 Å². The van der Waals surface area contributed by atoms with Crippen LogP contribution in [0.1, 0.15) is 30.4 Å². The smallest absolute Gasteiger partial charge is 0.0944 e. The van der Waals surface area contributed by atoms with Gasteiger partial charge in [0.05, 0.1) is 16.4 Å². The van der Waals surface area contributed by atoms with Crippen LogP contribution >= 0.6 is 0 Å². The van der Waals surface area contributed by atoms with Crippen molar-refractivity contribution in [2.24, 2.45) is 0 Å². The molecule has 0 unspecified atom stereocenters. The lowest BCUT2D eigenvalue weighted by Crippen LogP contribution is -2.39. The van der Waals surface area contributed by atoms with Gasteiger partial charge in [-0.15, -0.1) is 0 Å². The number of rotatable bonds is 0. The van der Waals surface area contributed by atoms with Crippen molar-refractivity contribution in [3.8, 4) is 0 Å². The van der Waals surface area contributed by atoms with Gasteiger partial charge in [-0.3, -0.25) is 4.68 Å². The molecule has 2 aliphatic carbocycles. The van der Waals surface area contributed by atoms with E-state index in [9.17, 15) is 0 Å². The summed E-state index contributed by atoms with van der Waals surface area (Å²) in [4.78, 5) is 2.31. The molecule has 0 saturated heterocycles. The number of allylic oxidation sites excluding steroid dienone is 6. The highest BCUT2D eigenvalue weighted by Crippen LogP contribution is 2.33. The Morgan fingerprint density at radius 1 is 0.955 bits per heavy atom. The van der Waals surface area contributed by atoms with Crippen molar-refractivity contribution in [1.29, 1.82) is 0 Å². The predicted molar refractivity (Wildman–Crippen MR) is 90.8 cm³/mol.